The minimum atomic E-state index is -0.118. The molecule has 96 valence electrons. The van der Waals surface area contributed by atoms with Gasteiger partial charge in [-0.25, -0.2) is 0 Å². The van der Waals surface area contributed by atoms with E-state index in [-0.39, 0.29) is 11.7 Å². The van der Waals surface area contributed by atoms with Crippen LogP contribution in [0.1, 0.15) is 17.3 Å². The van der Waals surface area contributed by atoms with E-state index < -0.39 is 0 Å². The number of benzene rings is 1. The fourth-order valence-electron chi connectivity index (χ4n) is 1.45. The SMILES string of the molecule is CC(=O)N(C)c1ccccc1C(=O)C=CN(C)C. The normalized spacial score (nSPS) is 10.4. The molecule has 0 aliphatic rings. The molecule has 4 nitrogen and oxygen atoms in total. The molecule has 1 aromatic carbocycles. The van der Waals surface area contributed by atoms with Gasteiger partial charge in [0.15, 0.2) is 5.78 Å². The summed E-state index contributed by atoms with van der Waals surface area (Å²) < 4.78 is 0. The third kappa shape index (κ3) is 3.45. The Bertz CT molecular complexity index is 478. The maximum Gasteiger partial charge on any atom is 0.223 e. The Morgan fingerprint density at radius 3 is 2.28 bits per heavy atom. The van der Waals surface area contributed by atoms with Crippen molar-refractivity contribution < 1.29 is 9.59 Å². The highest BCUT2D eigenvalue weighted by Crippen LogP contribution is 2.20. The Labute approximate surface area is 108 Å². The first-order chi connectivity index (χ1) is 8.43. The third-order valence-electron chi connectivity index (χ3n) is 2.53. The van der Waals surface area contributed by atoms with Crippen molar-refractivity contribution in [2.45, 2.75) is 6.92 Å². The fraction of sp³-hybridized carbons (Fsp3) is 0.286. The van der Waals surface area contributed by atoms with Crippen molar-refractivity contribution in [1.29, 1.82) is 0 Å². The first-order valence-electron chi connectivity index (χ1n) is 5.65. The van der Waals surface area contributed by atoms with E-state index in [1.165, 1.54) is 17.9 Å². The summed E-state index contributed by atoms with van der Waals surface area (Å²) in [6.45, 7) is 1.47. The highest BCUT2D eigenvalue weighted by atomic mass is 16.2. The van der Waals surface area contributed by atoms with Crippen molar-refractivity contribution in [1.82, 2.24) is 4.90 Å². The Kier molecular flexibility index (Phi) is 4.66. The molecular weight excluding hydrogens is 228 g/mol. The van der Waals surface area contributed by atoms with E-state index in [0.29, 0.717) is 11.3 Å². The van der Waals surface area contributed by atoms with Gasteiger partial charge in [-0.3, -0.25) is 9.59 Å². The topological polar surface area (TPSA) is 40.6 Å². The molecule has 0 atom stereocenters. The molecule has 0 fully saturated rings. The maximum atomic E-state index is 12.0. The lowest BCUT2D eigenvalue weighted by Crippen LogP contribution is -2.24. The van der Waals surface area contributed by atoms with E-state index in [2.05, 4.69) is 0 Å². The fourth-order valence-corrected chi connectivity index (χ4v) is 1.45. The number of allylic oxidation sites excluding steroid dienone is 1. The summed E-state index contributed by atoms with van der Waals surface area (Å²) in [5.74, 6) is -0.223. The molecule has 4 heteroatoms. The molecule has 0 saturated heterocycles. The molecule has 0 aliphatic heterocycles. The van der Waals surface area contributed by atoms with Crippen LogP contribution in [-0.4, -0.2) is 37.7 Å². The van der Waals surface area contributed by atoms with Gasteiger partial charge in [0, 0.05) is 45.9 Å². The molecule has 0 radical (unpaired) electrons. The number of nitrogens with zero attached hydrogens (tertiary/aromatic N) is 2. The molecule has 0 unspecified atom stereocenters. The van der Waals surface area contributed by atoms with Crippen molar-refractivity contribution >= 4 is 17.4 Å². The van der Waals surface area contributed by atoms with Gasteiger partial charge in [-0.15, -0.1) is 0 Å². The number of carbonyl (C=O) groups excluding carboxylic acids is 2. The Hall–Kier alpha value is -2.10. The van der Waals surface area contributed by atoms with Crippen LogP contribution in [-0.2, 0) is 4.79 Å². The summed E-state index contributed by atoms with van der Waals surface area (Å²) in [5, 5.41) is 0. The zero-order chi connectivity index (χ0) is 13.7. The van der Waals surface area contributed by atoms with Crippen molar-refractivity contribution in [3.63, 3.8) is 0 Å². The van der Waals surface area contributed by atoms with Gasteiger partial charge in [0.25, 0.3) is 0 Å². The molecule has 0 aliphatic carbocycles. The third-order valence-corrected chi connectivity index (χ3v) is 2.53. The van der Waals surface area contributed by atoms with Gasteiger partial charge in [-0.05, 0) is 12.1 Å². The van der Waals surface area contributed by atoms with Crippen molar-refractivity contribution in [3.05, 3.63) is 42.1 Å². The second-order valence-electron chi connectivity index (χ2n) is 4.24. The molecule has 0 spiro atoms. The second-order valence-corrected chi connectivity index (χ2v) is 4.24. The minimum Gasteiger partial charge on any atom is -0.383 e. The molecule has 0 bridgehead atoms. The van der Waals surface area contributed by atoms with E-state index in [1.807, 2.05) is 14.1 Å². The van der Waals surface area contributed by atoms with E-state index in [9.17, 15) is 9.59 Å². The zero-order valence-electron chi connectivity index (χ0n) is 11.2. The number of hydrogen-bond acceptors (Lipinski definition) is 3. The van der Waals surface area contributed by atoms with Crippen LogP contribution >= 0.6 is 0 Å². The number of rotatable bonds is 4. The summed E-state index contributed by atoms with van der Waals surface area (Å²) in [7, 11) is 5.35. The van der Waals surface area contributed by atoms with E-state index >= 15 is 0 Å². The molecule has 0 heterocycles. The maximum absolute atomic E-state index is 12.0. The predicted molar refractivity (Wildman–Crippen MR) is 72.7 cm³/mol. The first-order valence-corrected chi connectivity index (χ1v) is 5.65. The molecule has 0 N–H and O–H groups in total. The standard InChI is InChI=1S/C14H18N2O2/c1-11(17)16(4)13-8-6-5-7-12(13)14(18)9-10-15(2)3/h5-10H,1-4H3. The van der Waals surface area contributed by atoms with Gasteiger partial charge in [0.1, 0.15) is 0 Å². The lowest BCUT2D eigenvalue weighted by Gasteiger charge is -2.17. The number of amides is 1. The highest BCUT2D eigenvalue weighted by Gasteiger charge is 2.14. The Morgan fingerprint density at radius 2 is 1.72 bits per heavy atom. The molecule has 0 saturated carbocycles. The number of hydrogen-bond donors (Lipinski definition) is 0. The van der Waals surface area contributed by atoms with Crippen LogP contribution < -0.4 is 4.90 Å². The van der Waals surface area contributed by atoms with Gasteiger partial charge >= 0.3 is 0 Å². The highest BCUT2D eigenvalue weighted by molar-refractivity contribution is 6.10. The molecule has 1 amide bonds. The number of ketones is 1. The number of carbonyl (C=O) groups is 2. The van der Waals surface area contributed by atoms with Gasteiger partial charge in [0.05, 0.1) is 5.69 Å². The monoisotopic (exact) mass is 246 g/mol. The second kappa shape index (κ2) is 6.00. The first kappa shape index (κ1) is 14.0. The van der Waals surface area contributed by atoms with Crippen molar-refractivity contribution in [3.8, 4) is 0 Å². The van der Waals surface area contributed by atoms with Crippen LogP contribution in [0.4, 0.5) is 5.69 Å². The lowest BCUT2D eigenvalue weighted by molar-refractivity contribution is -0.116. The van der Waals surface area contributed by atoms with Gasteiger partial charge in [0.2, 0.25) is 5.91 Å². The summed E-state index contributed by atoms with van der Waals surface area (Å²) in [4.78, 5) is 26.7. The van der Waals surface area contributed by atoms with E-state index in [4.69, 9.17) is 0 Å². The predicted octanol–water partition coefficient (Wildman–Crippen LogP) is 1.93. The van der Waals surface area contributed by atoms with E-state index in [1.54, 1.807) is 42.4 Å². The van der Waals surface area contributed by atoms with E-state index in [0.717, 1.165) is 0 Å². The van der Waals surface area contributed by atoms with Crippen LogP contribution in [0.2, 0.25) is 0 Å². The van der Waals surface area contributed by atoms with Crippen molar-refractivity contribution in [2.75, 3.05) is 26.0 Å². The largest absolute Gasteiger partial charge is 0.383 e. The van der Waals surface area contributed by atoms with Gasteiger partial charge < -0.3 is 9.80 Å². The van der Waals surface area contributed by atoms with Gasteiger partial charge in [-0.1, -0.05) is 12.1 Å². The summed E-state index contributed by atoms with van der Waals surface area (Å²) >= 11 is 0. The smallest absolute Gasteiger partial charge is 0.223 e. The van der Waals surface area contributed by atoms with Crippen LogP contribution in [0.15, 0.2) is 36.5 Å². The average molecular weight is 246 g/mol. The van der Waals surface area contributed by atoms with Crippen molar-refractivity contribution in [2.24, 2.45) is 0 Å². The van der Waals surface area contributed by atoms with Crippen LogP contribution in [0.25, 0.3) is 0 Å². The number of anilines is 1. The molecule has 1 rings (SSSR count). The summed E-state index contributed by atoms with van der Waals surface area (Å²) in [5.41, 5.74) is 1.15. The van der Waals surface area contributed by atoms with Crippen LogP contribution in [0, 0.1) is 0 Å². The molecular formula is C14H18N2O2. The number of para-hydroxylation sites is 1. The zero-order valence-corrected chi connectivity index (χ0v) is 11.2. The minimum absolute atomic E-state index is 0.105. The summed E-state index contributed by atoms with van der Waals surface area (Å²) in [6, 6.07) is 7.07. The quantitative estimate of drug-likeness (QED) is 0.602. The van der Waals surface area contributed by atoms with Crippen LogP contribution in [0.3, 0.4) is 0 Å². The lowest BCUT2D eigenvalue weighted by atomic mass is 10.1. The summed E-state index contributed by atoms with van der Waals surface area (Å²) in [6.07, 6.45) is 3.18. The van der Waals surface area contributed by atoms with Gasteiger partial charge in [-0.2, -0.15) is 0 Å². The van der Waals surface area contributed by atoms with Crippen LogP contribution in [0.5, 0.6) is 0 Å². The Balaban J connectivity index is 3.09. The Morgan fingerprint density at radius 1 is 1.11 bits per heavy atom. The molecule has 1 aromatic rings. The molecule has 18 heavy (non-hydrogen) atoms. The molecule has 0 aromatic heterocycles. The average Bonchev–Trinajstić information content (AvgIpc) is 2.34.